The molecule has 0 heterocycles. The van der Waals surface area contributed by atoms with Crippen molar-refractivity contribution in [1.29, 1.82) is 0 Å². The van der Waals surface area contributed by atoms with Crippen molar-refractivity contribution in [2.75, 3.05) is 5.32 Å². The van der Waals surface area contributed by atoms with E-state index in [2.05, 4.69) is 11.2 Å². The Balaban J connectivity index is 2.94. The second-order valence-electron chi connectivity index (χ2n) is 2.95. The van der Waals surface area contributed by atoms with Gasteiger partial charge in [-0.15, -0.1) is 6.42 Å². The van der Waals surface area contributed by atoms with Gasteiger partial charge < -0.3 is 5.32 Å². The first-order valence-corrected chi connectivity index (χ1v) is 5.29. The lowest BCUT2D eigenvalue weighted by Crippen LogP contribution is -2.12. The number of benzene rings is 1. The predicted octanol–water partition coefficient (Wildman–Crippen LogP) is 2.63. The lowest BCUT2D eigenvalue weighted by molar-refractivity contribution is -0.384. The lowest BCUT2D eigenvalue weighted by Gasteiger charge is -2.10. The summed E-state index contributed by atoms with van der Waals surface area (Å²) in [5.41, 5.74) is 0.893. The summed E-state index contributed by atoms with van der Waals surface area (Å²) in [6.07, 6.45) is 5.22. The fourth-order valence-corrected chi connectivity index (χ4v) is 1.66. The van der Waals surface area contributed by atoms with Crippen molar-refractivity contribution in [3.8, 4) is 12.3 Å². The van der Waals surface area contributed by atoms with Crippen LogP contribution in [-0.2, 0) is 0 Å². The van der Waals surface area contributed by atoms with Gasteiger partial charge in [0.1, 0.15) is 0 Å². The van der Waals surface area contributed by atoms with E-state index in [9.17, 15) is 10.1 Å². The Bertz CT molecular complexity index is 426. The van der Waals surface area contributed by atoms with Gasteiger partial charge in [0.15, 0.2) is 0 Å². The molecule has 78 valence electrons. The molecule has 0 aromatic heterocycles. The van der Waals surface area contributed by atoms with Crippen LogP contribution < -0.4 is 5.32 Å². The number of nitro benzene ring substituents is 1. The number of rotatable bonds is 3. The van der Waals surface area contributed by atoms with E-state index < -0.39 is 4.92 Å². The van der Waals surface area contributed by atoms with Crippen molar-refractivity contribution in [2.24, 2.45) is 0 Å². The van der Waals surface area contributed by atoms with Gasteiger partial charge in [-0.3, -0.25) is 10.1 Å². The summed E-state index contributed by atoms with van der Waals surface area (Å²) in [4.78, 5) is 10.1. The maximum absolute atomic E-state index is 10.5. The monoisotopic (exact) mass is 316 g/mol. The van der Waals surface area contributed by atoms with E-state index in [4.69, 9.17) is 6.42 Å². The molecule has 4 nitrogen and oxygen atoms in total. The molecule has 1 N–H and O–H groups in total. The van der Waals surface area contributed by atoms with E-state index in [-0.39, 0.29) is 11.7 Å². The number of hydrogen-bond acceptors (Lipinski definition) is 3. The van der Waals surface area contributed by atoms with Crippen molar-refractivity contribution >= 4 is 34.0 Å². The normalized spacial score (nSPS) is 11.5. The second kappa shape index (κ2) is 4.98. The van der Waals surface area contributed by atoms with E-state index in [1.54, 1.807) is 6.07 Å². The zero-order valence-electron chi connectivity index (χ0n) is 8.03. The maximum Gasteiger partial charge on any atom is 0.270 e. The number of halogens is 1. The Labute approximate surface area is 101 Å². The van der Waals surface area contributed by atoms with Crippen LogP contribution in [0.1, 0.15) is 6.92 Å². The smallest absolute Gasteiger partial charge is 0.270 e. The van der Waals surface area contributed by atoms with Gasteiger partial charge in [-0.05, 0) is 35.6 Å². The van der Waals surface area contributed by atoms with Crippen molar-refractivity contribution < 1.29 is 4.92 Å². The van der Waals surface area contributed by atoms with Gasteiger partial charge in [0.2, 0.25) is 0 Å². The third-order valence-electron chi connectivity index (χ3n) is 1.79. The van der Waals surface area contributed by atoms with E-state index >= 15 is 0 Å². The van der Waals surface area contributed by atoms with Crippen LogP contribution in [0, 0.1) is 26.0 Å². The highest BCUT2D eigenvalue weighted by Crippen LogP contribution is 2.23. The second-order valence-corrected chi connectivity index (χ2v) is 4.12. The number of non-ortho nitro benzene ring substituents is 1. The van der Waals surface area contributed by atoms with Gasteiger partial charge in [0.05, 0.1) is 11.0 Å². The molecule has 1 unspecified atom stereocenters. The number of terminal acetylenes is 1. The summed E-state index contributed by atoms with van der Waals surface area (Å²) in [5.74, 6) is 2.53. The van der Waals surface area contributed by atoms with Crippen LogP contribution in [0.3, 0.4) is 0 Å². The van der Waals surface area contributed by atoms with Gasteiger partial charge in [0.25, 0.3) is 5.69 Å². The predicted molar refractivity (Wildman–Crippen MR) is 67.7 cm³/mol. The quantitative estimate of drug-likeness (QED) is 0.404. The molecule has 0 aliphatic rings. The fraction of sp³-hybridized carbons (Fsp3) is 0.200. The number of nitrogens with zero attached hydrogens (tertiary/aromatic N) is 1. The van der Waals surface area contributed by atoms with Crippen LogP contribution in [0.4, 0.5) is 11.4 Å². The summed E-state index contributed by atoms with van der Waals surface area (Å²) in [6.45, 7) is 1.84. The van der Waals surface area contributed by atoms with E-state index in [0.29, 0.717) is 0 Å². The number of nitrogens with one attached hydrogen (secondary N) is 1. The minimum atomic E-state index is -0.420. The topological polar surface area (TPSA) is 55.2 Å². The molecular weight excluding hydrogens is 307 g/mol. The Morgan fingerprint density at radius 1 is 1.67 bits per heavy atom. The molecule has 0 fully saturated rings. The van der Waals surface area contributed by atoms with Gasteiger partial charge in [-0.1, -0.05) is 5.92 Å². The minimum Gasteiger partial charge on any atom is -0.371 e. The first-order valence-electron chi connectivity index (χ1n) is 4.21. The zero-order chi connectivity index (χ0) is 11.4. The Hall–Kier alpha value is -1.29. The van der Waals surface area contributed by atoms with Crippen LogP contribution in [-0.4, -0.2) is 11.0 Å². The Morgan fingerprint density at radius 2 is 2.33 bits per heavy atom. The summed E-state index contributed by atoms with van der Waals surface area (Å²) in [6, 6.07) is 4.52. The molecule has 1 atom stereocenters. The van der Waals surface area contributed by atoms with Crippen molar-refractivity contribution in [1.82, 2.24) is 0 Å². The number of nitro groups is 1. The van der Waals surface area contributed by atoms with Gasteiger partial charge in [0, 0.05) is 21.4 Å². The highest BCUT2D eigenvalue weighted by atomic mass is 127. The average molecular weight is 316 g/mol. The third kappa shape index (κ3) is 3.09. The molecule has 0 radical (unpaired) electrons. The average Bonchev–Trinajstić information content (AvgIpc) is 2.20. The van der Waals surface area contributed by atoms with E-state index in [1.165, 1.54) is 12.1 Å². The molecule has 0 saturated heterocycles. The van der Waals surface area contributed by atoms with Gasteiger partial charge in [-0.25, -0.2) is 0 Å². The Kier molecular flexibility index (Phi) is 3.91. The molecule has 0 amide bonds. The fourth-order valence-electron chi connectivity index (χ4n) is 1.01. The molecular formula is C10H9IN2O2. The molecule has 5 heteroatoms. The van der Waals surface area contributed by atoms with Crippen LogP contribution in [0.5, 0.6) is 0 Å². The molecule has 0 aliphatic carbocycles. The zero-order valence-corrected chi connectivity index (χ0v) is 10.2. The molecule has 1 aromatic carbocycles. The van der Waals surface area contributed by atoms with Crippen LogP contribution in [0.15, 0.2) is 18.2 Å². The van der Waals surface area contributed by atoms with Crippen molar-refractivity contribution in [3.05, 3.63) is 31.9 Å². The third-order valence-corrected chi connectivity index (χ3v) is 2.68. The van der Waals surface area contributed by atoms with Gasteiger partial charge in [-0.2, -0.15) is 0 Å². The largest absolute Gasteiger partial charge is 0.371 e. The highest BCUT2D eigenvalue weighted by Gasteiger charge is 2.09. The molecule has 1 aromatic rings. The highest BCUT2D eigenvalue weighted by molar-refractivity contribution is 14.1. The van der Waals surface area contributed by atoms with Crippen molar-refractivity contribution in [3.63, 3.8) is 0 Å². The summed E-state index contributed by atoms with van der Waals surface area (Å²) >= 11 is 2.03. The standard InChI is InChI=1S/C10H9IN2O2/c1-3-7(2)12-10-5-4-8(13(14)15)6-9(10)11/h1,4-7,12H,2H3. The summed E-state index contributed by atoms with van der Waals surface area (Å²) < 4.78 is 0.781. The van der Waals surface area contributed by atoms with Gasteiger partial charge >= 0.3 is 0 Å². The van der Waals surface area contributed by atoms with E-state index in [1.807, 2.05) is 29.5 Å². The molecule has 1 rings (SSSR count). The summed E-state index contributed by atoms with van der Waals surface area (Å²) in [7, 11) is 0. The number of hydrogen-bond donors (Lipinski definition) is 1. The van der Waals surface area contributed by atoms with Crippen molar-refractivity contribution in [2.45, 2.75) is 13.0 Å². The molecule has 0 spiro atoms. The molecule has 0 bridgehead atoms. The minimum absolute atomic E-state index is 0.0818. The SMILES string of the molecule is C#CC(C)Nc1ccc([N+](=O)[O-])cc1I. The van der Waals surface area contributed by atoms with E-state index in [0.717, 1.165) is 9.26 Å². The van der Waals surface area contributed by atoms with Crippen LogP contribution in [0.25, 0.3) is 0 Å². The lowest BCUT2D eigenvalue weighted by atomic mass is 10.2. The first kappa shape index (κ1) is 11.8. The number of anilines is 1. The summed E-state index contributed by atoms with van der Waals surface area (Å²) in [5, 5.41) is 13.6. The molecule has 0 aliphatic heterocycles. The van der Waals surface area contributed by atoms with Crippen LogP contribution >= 0.6 is 22.6 Å². The first-order chi connectivity index (χ1) is 7.04. The van der Waals surface area contributed by atoms with Crippen LogP contribution in [0.2, 0.25) is 0 Å². The molecule has 0 saturated carbocycles. The molecule has 15 heavy (non-hydrogen) atoms. The maximum atomic E-state index is 10.5. The Morgan fingerprint density at radius 3 is 2.80 bits per heavy atom.